The Morgan fingerprint density at radius 1 is 1.10 bits per heavy atom. The number of benzene rings is 2. The van der Waals surface area contributed by atoms with Crippen LogP contribution in [-0.4, -0.2) is 14.3 Å². The molecule has 0 saturated heterocycles. The Bertz CT molecular complexity index is 744. The average molecular weight is 375 g/mol. The van der Waals surface area contributed by atoms with Crippen LogP contribution < -0.4 is 5.32 Å². The predicted octanol–water partition coefficient (Wildman–Crippen LogP) is 3.63. The van der Waals surface area contributed by atoms with Crippen molar-refractivity contribution in [3.8, 4) is 0 Å². The molecule has 0 saturated carbocycles. The van der Waals surface area contributed by atoms with Gasteiger partial charge in [0.1, 0.15) is 0 Å². The number of hydrogen-bond acceptors (Lipinski definition) is 3. The standard InChI is InChI=1S/C13H9BrClNO3S/c14-10-3-1-2-9(8-10)13(17)16-11-4-6-12(7-5-11)20(15,18)19/h1-8H,(H,16,17). The lowest BCUT2D eigenvalue weighted by atomic mass is 10.2. The Balaban J connectivity index is 2.16. The Morgan fingerprint density at radius 2 is 1.75 bits per heavy atom. The largest absolute Gasteiger partial charge is 0.322 e. The third-order valence-corrected chi connectivity index (χ3v) is 4.34. The SMILES string of the molecule is O=C(Nc1ccc(S(=O)(=O)Cl)cc1)c1cccc(Br)c1. The monoisotopic (exact) mass is 373 g/mol. The van der Waals surface area contributed by atoms with Crippen LogP contribution in [-0.2, 0) is 9.05 Å². The Labute approximate surface area is 129 Å². The summed E-state index contributed by atoms with van der Waals surface area (Å²) < 4.78 is 23.0. The zero-order valence-electron chi connectivity index (χ0n) is 10.0. The van der Waals surface area contributed by atoms with E-state index in [1.165, 1.54) is 24.3 Å². The molecule has 0 bridgehead atoms. The first-order valence-electron chi connectivity index (χ1n) is 5.48. The lowest BCUT2D eigenvalue weighted by molar-refractivity contribution is 0.102. The van der Waals surface area contributed by atoms with Crippen molar-refractivity contribution in [2.75, 3.05) is 5.32 Å². The molecule has 2 rings (SSSR count). The second kappa shape index (κ2) is 5.95. The van der Waals surface area contributed by atoms with E-state index in [0.29, 0.717) is 11.3 Å². The van der Waals surface area contributed by atoms with Crippen molar-refractivity contribution in [2.45, 2.75) is 4.90 Å². The van der Waals surface area contributed by atoms with Gasteiger partial charge < -0.3 is 5.32 Å². The van der Waals surface area contributed by atoms with E-state index in [-0.39, 0.29) is 10.8 Å². The molecule has 0 atom stereocenters. The lowest BCUT2D eigenvalue weighted by Gasteiger charge is -2.06. The fourth-order valence-corrected chi connectivity index (χ4v) is 2.70. The van der Waals surface area contributed by atoms with Crippen LogP contribution >= 0.6 is 26.6 Å². The number of amides is 1. The fourth-order valence-electron chi connectivity index (χ4n) is 1.53. The van der Waals surface area contributed by atoms with Crippen molar-refractivity contribution in [1.82, 2.24) is 0 Å². The summed E-state index contributed by atoms with van der Waals surface area (Å²) in [6.07, 6.45) is 0. The van der Waals surface area contributed by atoms with E-state index in [1.54, 1.807) is 18.2 Å². The molecule has 2 aromatic carbocycles. The number of anilines is 1. The Hall–Kier alpha value is -1.37. The molecule has 20 heavy (non-hydrogen) atoms. The summed E-state index contributed by atoms with van der Waals surface area (Å²) in [7, 11) is 1.46. The summed E-state index contributed by atoms with van der Waals surface area (Å²) in [6.45, 7) is 0. The summed E-state index contributed by atoms with van der Waals surface area (Å²) in [6, 6.07) is 12.6. The van der Waals surface area contributed by atoms with Gasteiger partial charge in [-0.05, 0) is 42.5 Å². The second-order valence-corrected chi connectivity index (χ2v) is 7.41. The number of carbonyl (C=O) groups excluding carboxylic acids is 1. The number of nitrogens with one attached hydrogen (secondary N) is 1. The number of halogens is 2. The minimum absolute atomic E-state index is 0.0142. The van der Waals surface area contributed by atoms with Gasteiger partial charge in [0.05, 0.1) is 4.90 Å². The molecule has 0 heterocycles. The predicted molar refractivity (Wildman–Crippen MR) is 81.6 cm³/mol. The second-order valence-electron chi connectivity index (χ2n) is 3.93. The van der Waals surface area contributed by atoms with Crippen LogP contribution in [0.15, 0.2) is 57.9 Å². The van der Waals surface area contributed by atoms with Crippen LogP contribution in [0.1, 0.15) is 10.4 Å². The first-order chi connectivity index (χ1) is 9.36. The molecule has 1 N–H and O–H groups in total. The van der Waals surface area contributed by atoms with Gasteiger partial charge in [-0.1, -0.05) is 22.0 Å². The van der Waals surface area contributed by atoms with Gasteiger partial charge >= 0.3 is 0 Å². The first kappa shape index (κ1) is 15.0. The topological polar surface area (TPSA) is 63.2 Å². The van der Waals surface area contributed by atoms with Gasteiger partial charge in [-0.25, -0.2) is 8.42 Å². The number of rotatable bonds is 3. The highest BCUT2D eigenvalue weighted by molar-refractivity contribution is 9.10. The highest BCUT2D eigenvalue weighted by atomic mass is 79.9. The van der Waals surface area contributed by atoms with Crippen LogP contribution in [0.3, 0.4) is 0 Å². The summed E-state index contributed by atoms with van der Waals surface area (Å²) in [5.41, 5.74) is 0.979. The Morgan fingerprint density at radius 3 is 2.30 bits per heavy atom. The molecule has 0 radical (unpaired) electrons. The molecule has 0 aliphatic rings. The molecule has 0 spiro atoms. The molecule has 7 heteroatoms. The summed E-state index contributed by atoms with van der Waals surface area (Å²) in [5.74, 6) is -0.284. The number of carbonyl (C=O) groups is 1. The van der Waals surface area contributed by atoms with E-state index in [1.807, 2.05) is 6.07 Å². The van der Waals surface area contributed by atoms with E-state index in [0.717, 1.165) is 4.47 Å². The maximum absolute atomic E-state index is 12.0. The van der Waals surface area contributed by atoms with Gasteiger partial charge in [0.15, 0.2) is 0 Å². The molecule has 1 amide bonds. The first-order valence-corrected chi connectivity index (χ1v) is 8.58. The van der Waals surface area contributed by atoms with Gasteiger partial charge in [-0.3, -0.25) is 4.79 Å². The molecule has 0 aliphatic carbocycles. The maximum atomic E-state index is 12.0. The summed E-state index contributed by atoms with van der Waals surface area (Å²) in [4.78, 5) is 12.0. The van der Waals surface area contributed by atoms with E-state index >= 15 is 0 Å². The van der Waals surface area contributed by atoms with Crippen LogP contribution in [0.4, 0.5) is 5.69 Å². The fraction of sp³-hybridized carbons (Fsp3) is 0. The van der Waals surface area contributed by atoms with Crippen molar-refractivity contribution in [1.29, 1.82) is 0 Å². The summed E-state index contributed by atoms with van der Waals surface area (Å²) in [5, 5.41) is 2.67. The molecular weight excluding hydrogens is 366 g/mol. The van der Waals surface area contributed by atoms with Crippen LogP contribution in [0.2, 0.25) is 0 Å². The smallest absolute Gasteiger partial charge is 0.261 e. The van der Waals surface area contributed by atoms with Gasteiger partial charge in [0.2, 0.25) is 0 Å². The van der Waals surface area contributed by atoms with E-state index in [2.05, 4.69) is 21.2 Å². The zero-order chi connectivity index (χ0) is 14.8. The number of hydrogen-bond donors (Lipinski definition) is 1. The van der Waals surface area contributed by atoms with E-state index in [9.17, 15) is 13.2 Å². The third kappa shape index (κ3) is 3.82. The quantitative estimate of drug-likeness (QED) is 0.835. The molecule has 2 aromatic rings. The van der Waals surface area contributed by atoms with Gasteiger partial charge in [-0.15, -0.1) is 0 Å². The molecule has 4 nitrogen and oxygen atoms in total. The van der Waals surface area contributed by atoms with Crippen molar-refractivity contribution in [2.24, 2.45) is 0 Å². The molecular formula is C13H9BrClNO3S. The van der Waals surface area contributed by atoms with Crippen LogP contribution in [0.25, 0.3) is 0 Å². The van der Waals surface area contributed by atoms with Gasteiger partial charge in [0, 0.05) is 26.4 Å². The van der Waals surface area contributed by atoms with Crippen molar-refractivity contribution >= 4 is 47.3 Å². The van der Waals surface area contributed by atoms with Gasteiger partial charge in [-0.2, -0.15) is 0 Å². The molecule has 0 fully saturated rings. The molecule has 0 aromatic heterocycles. The Kier molecular flexibility index (Phi) is 4.47. The lowest BCUT2D eigenvalue weighted by Crippen LogP contribution is -2.11. The van der Waals surface area contributed by atoms with Crippen molar-refractivity contribution in [3.63, 3.8) is 0 Å². The van der Waals surface area contributed by atoms with Gasteiger partial charge in [0.25, 0.3) is 15.0 Å². The minimum Gasteiger partial charge on any atom is -0.322 e. The van der Waals surface area contributed by atoms with E-state index < -0.39 is 9.05 Å². The van der Waals surface area contributed by atoms with Crippen molar-refractivity contribution < 1.29 is 13.2 Å². The molecule has 0 aliphatic heterocycles. The molecule has 0 unspecified atom stereocenters. The average Bonchev–Trinajstić information content (AvgIpc) is 2.38. The van der Waals surface area contributed by atoms with E-state index in [4.69, 9.17) is 10.7 Å². The highest BCUT2D eigenvalue weighted by Crippen LogP contribution is 2.18. The van der Waals surface area contributed by atoms with Crippen LogP contribution in [0.5, 0.6) is 0 Å². The van der Waals surface area contributed by atoms with Crippen LogP contribution in [0, 0.1) is 0 Å². The highest BCUT2D eigenvalue weighted by Gasteiger charge is 2.10. The molecule has 104 valence electrons. The summed E-state index contributed by atoms with van der Waals surface area (Å²) >= 11 is 3.29. The third-order valence-electron chi connectivity index (χ3n) is 2.48. The minimum atomic E-state index is -3.75. The maximum Gasteiger partial charge on any atom is 0.261 e. The van der Waals surface area contributed by atoms with Crippen molar-refractivity contribution in [3.05, 3.63) is 58.6 Å². The zero-order valence-corrected chi connectivity index (χ0v) is 13.2. The normalized spacial score (nSPS) is 11.1.